The van der Waals surface area contributed by atoms with E-state index in [4.69, 9.17) is 0 Å². The van der Waals surface area contributed by atoms with Crippen LogP contribution in [-0.4, -0.2) is 46.1 Å². The summed E-state index contributed by atoms with van der Waals surface area (Å²) in [6.45, 7) is 4.21. The Kier molecular flexibility index (Phi) is 45.0. The Morgan fingerprint density at radius 3 is 1.00 bits per heavy atom. The van der Waals surface area contributed by atoms with Crippen LogP contribution in [0.25, 0.3) is 0 Å². The van der Waals surface area contributed by atoms with Gasteiger partial charge in [-0.25, -0.2) is 0 Å². The largest absolute Gasteiger partial charge is 0.394 e. The molecule has 3 atom stereocenters. The zero-order valence-corrected chi connectivity index (χ0v) is 37.3. The van der Waals surface area contributed by atoms with Crippen LogP contribution >= 0.6 is 0 Å². The van der Waals surface area contributed by atoms with Gasteiger partial charge in [0.15, 0.2) is 0 Å². The van der Waals surface area contributed by atoms with Crippen LogP contribution in [0.3, 0.4) is 0 Å². The summed E-state index contributed by atoms with van der Waals surface area (Å²) < 4.78 is 0. The summed E-state index contributed by atoms with van der Waals surface area (Å²) in [5.74, 6) is -0.497. The SMILES string of the molecule is CCCCCCCCCCCCCCCCCC/C=C/C(O)C(CO)NC(=O)C(O)CCCCCCCCCCCCCCCCCCCCCCCCC. The highest BCUT2D eigenvalue weighted by atomic mass is 16.3. The van der Waals surface area contributed by atoms with Gasteiger partial charge in [0.05, 0.1) is 18.8 Å². The van der Waals surface area contributed by atoms with Crippen LogP contribution in [0.4, 0.5) is 0 Å². The number of amides is 1. The van der Waals surface area contributed by atoms with Crippen LogP contribution in [0.5, 0.6) is 0 Å². The number of allylic oxidation sites excluding steroid dienone is 1. The van der Waals surface area contributed by atoms with Crippen molar-refractivity contribution >= 4 is 5.91 Å². The average molecular weight is 778 g/mol. The molecule has 0 rings (SSSR count). The third-order valence-corrected chi connectivity index (χ3v) is 11.9. The molecule has 55 heavy (non-hydrogen) atoms. The minimum atomic E-state index is -1.09. The molecule has 328 valence electrons. The lowest BCUT2D eigenvalue weighted by molar-refractivity contribution is -0.131. The van der Waals surface area contributed by atoms with E-state index >= 15 is 0 Å². The molecule has 0 aromatic heterocycles. The molecular formula is C50H99NO4. The maximum atomic E-state index is 12.5. The Hall–Kier alpha value is -0.910. The quantitative estimate of drug-likeness (QED) is 0.0366. The molecule has 0 fully saturated rings. The number of nitrogens with one attached hydrogen (secondary N) is 1. The molecular weight excluding hydrogens is 679 g/mol. The molecule has 0 bridgehead atoms. The van der Waals surface area contributed by atoms with Crippen molar-refractivity contribution in [2.75, 3.05) is 6.61 Å². The second-order valence-electron chi connectivity index (χ2n) is 17.4. The summed E-state index contributed by atoms with van der Waals surface area (Å²) >= 11 is 0. The van der Waals surface area contributed by atoms with Crippen molar-refractivity contribution in [2.24, 2.45) is 0 Å². The Morgan fingerprint density at radius 1 is 0.436 bits per heavy atom. The summed E-state index contributed by atoms with van der Waals surface area (Å²) in [6, 6.07) is -0.793. The second-order valence-corrected chi connectivity index (χ2v) is 17.4. The van der Waals surface area contributed by atoms with Crippen LogP contribution in [0.1, 0.15) is 277 Å². The number of aliphatic hydroxyl groups excluding tert-OH is 3. The molecule has 1 amide bonds. The van der Waals surface area contributed by atoms with E-state index in [9.17, 15) is 20.1 Å². The van der Waals surface area contributed by atoms with E-state index in [1.54, 1.807) is 6.08 Å². The van der Waals surface area contributed by atoms with E-state index in [0.29, 0.717) is 6.42 Å². The van der Waals surface area contributed by atoms with E-state index in [-0.39, 0.29) is 6.61 Å². The normalized spacial score (nSPS) is 13.5. The monoisotopic (exact) mass is 778 g/mol. The van der Waals surface area contributed by atoms with Crippen molar-refractivity contribution < 1.29 is 20.1 Å². The highest BCUT2D eigenvalue weighted by Crippen LogP contribution is 2.17. The lowest BCUT2D eigenvalue weighted by Crippen LogP contribution is -2.48. The fraction of sp³-hybridized carbons (Fsp3) is 0.940. The number of unbranched alkanes of at least 4 members (excludes halogenated alkanes) is 38. The maximum Gasteiger partial charge on any atom is 0.249 e. The Bertz CT molecular complexity index is 773. The predicted molar refractivity (Wildman–Crippen MR) is 241 cm³/mol. The van der Waals surface area contributed by atoms with Gasteiger partial charge in [0.2, 0.25) is 5.91 Å². The first-order valence-electron chi connectivity index (χ1n) is 25.0. The van der Waals surface area contributed by atoms with E-state index in [2.05, 4.69) is 19.2 Å². The van der Waals surface area contributed by atoms with E-state index < -0.39 is 24.2 Å². The van der Waals surface area contributed by atoms with Gasteiger partial charge in [-0.05, 0) is 19.3 Å². The molecule has 5 nitrogen and oxygen atoms in total. The fourth-order valence-corrected chi connectivity index (χ4v) is 7.95. The van der Waals surface area contributed by atoms with Gasteiger partial charge < -0.3 is 20.6 Å². The van der Waals surface area contributed by atoms with Gasteiger partial charge in [-0.1, -0.05) is 270 Å². The highest BCUT2D eigenvalue weighted by Gasteiger charge is 2.22. The molecule has 0 aliphatic carbocycles. The van der Waals surface area contributed by atoms with Gasteiger partial charge in [-0.2, -0.15) is 0 Å². The van der Waals surface area contributed by atoms with Gasteiger partial charge in [-0.15, -0.1) is 0 Å². The van der Waals surface area contributed by atoms with Crippen LogP contribution in [0.15, 0.2) is 12.2 Å². The van der Waals surface area contributed by atoms with E-state index in [1.165, 1.54) is 225 Å². The fourth-order valence-electron chi connectivity index (χ4n) is 7.95. The maximum absolute atomic E-state index is 12.5. The Balaban J connectivity index is 3.58. The standard InChI is InChI=1S/C50H99NO4/c1-3-5-7-9-11-13-15-17-19-21-23-24-25-26-27-29-31-33-35-37-39-41-43-45-49(54)50(55)51-47(46-52)48(53)44-42-40-38-36-34-32-30-28-22-20-18-16-14-12-10-8-6-4-2/h42,44,47-49,52-54H,3-41,43,45-46H2,1-2H3,(H,51,55)/b44-42+. The molecule has 0 saturated carbocycles. The van der Waals surface area contributed by atoms with Crippen molar-refractivity contribution in [1.29, 1.82) is 0 Å². The lowest BCUT2D eigenvalue weighted by atomic mass is 10.0. The molecule has 0 aromatic rings. The van der Waals surface area contributed by atoms with Gasteiger partial charge in [0.1, 0.15) is 6.10 Å². The van der Waals surface area contributed by atoms with Crippen molar-refractivity contribution in [1.82, 2.24) is 5.32 Å². The van der Waals surface area contributed by atoms with Crippen molar-refractivity contribution in [3.8, 4) is 0 Å². The summed E-state index contributed by atoms with van der Waals surface area (Å²) in [4.78, 5) is 12.5. The number of carbonyl (C=O) groups excluding carboxylic acids is 1. The molecule has 0 radical (unpaired) electrons. The number of hydrogen-bond donors (Lipinski definition) is 4. The van der Waals surface area contributed by atoms with Crippen LogP contribution < -0.4 is 5.32 Å². The number of carbonyl (C=O) groups is 1. The minimum Gasteiger partial charge on any atom is -0.394 e. The van der Waals surface area contributed by atoms with Gasteiger partial charge >= 0.3 is 0 Å². The summed E-state index contributed by atoms with van der Waals surface area (Å²) in [6.07, 6.45) is 55.5. The first-order chi connectivity index (χ1) is 27.1. The smallest absolute Gasteiger partial charge is 0.249 e. The summed E-state index contributed by atoms with van der Waals surface area (Å²) in [7, 11) is 0. The molecule has 5 heteroatoms. The Morgan fingerprint density at radius 2 is 0.709 bits per heavy atom. The molecule has 0 aliphatic rings. The predicted octanol–water partition coefficient (Wildman–Crippen LogP) is 14.8. The zero-order chi connectivity index (χ0) is 40.1. The third kappa shape index (κ3) is 41.1. The zero-order valence-electron chi connectivity index (χ0n) is 37.3. The Labute approximate surface area is 344 Å². The molecule has 3 unspecified atom stereocenters. The summed E-state index contributed by atoms with van der Waals surface area (Å²) in [5.41, 5.74) is 0. The van der Waals surface area contributed by atoms with Crippen molar-refractivity contribution in [3.63, 3.8) is 0 Å². The molecule has 0 aliphatic heterocycles. The number of aliphatic hydroxyl groups is 3. The van der Waals surface area contributed by atoms with Crippen LogP contribution in [-0.2, 0) is 4.79 Å². The minimum absolute atomic E-state index is 0.359. The average Bonchev–Trinajstić information content (AvgIpc) is 3.19. The highest BCUT2D eigenvalue weighted by molar-refractivity contribution is 5.80. The molecule has 4 N–H and O–H groups in total. The van der Waals surface area contributed by atoms with Gasteiger partial charge in [-0.3, -0.25) is 4.79 Å². The van der Waals surface area contributed by atoms with E-state index in [1.807, 2.05) is 6.08 Å². The van der Waals surface area contributed by atoms with Crippen LogP contribution in [0.2, 0.25) is 0 Å². The van der Waals surface area contributed by atoms with Crippen LogP contribution in [0, 0.1) is 0 Å². The van der Waals surface area contributed by atoms with Gasteiger partial charge in [0.25, 0.3) is 0 Å². The first-order valence-corrected chi connectivity index (χ1v) is 25.0. The van der Waals surface area contributed by atoms with Crippen molar-refractivity contribution in [3.05, 3.63) is 12.2 Å². The number of hydrogen-bond acceptors (Lipinski definition) is 4. The third-order valence-electron chi connectivity index (χ3n) is 11.9. The molecule has 0 saturated heterocycles. The van der Waals surface area contributed by atoms with Gasteiger partial charge in [0, 0.05) is 0 Å². The molecule has 0 heterocycles. The lowest BCUT2D eigenvalue weighted by Gasteiger charge is -2.21. The number of rotatable bonds is 46. The first kappa shape index (κ1) is 54.1. The second kappa shape index (κ2) is 45.8. The summed E-state index contributed by atoms with van der Waals surface area (Å²) in [5, 5.41) is 33.3. The van der Waals surface area contributed by atoms with Crippen molar-refractivity contribution in [2.45, 2.75) is 295 Å². The van der Waals surface area contributed by atoms with E-state index in [0.717, 1.165) is 32.1 Å². The molecule has 0 aromatic carbocycles. The topological polar surface area (TPSA) is 89.8 Å². The molecule has 0 spiro atoms.